The number of hydrogen-bond acceptors (Lipinski definition) is 4. The molecule has 2 heterocycles. The maximum atomic E-state index is 14.0. The Kier molecular flexibility index (Phi) is 3.48. The topological polar surface area (TPSA) is 25.4 Å². The number of halogens is 1. The van der Waals surface area contributed by atoms with Crippen molar-refractivity contribution in [3.8, 4) is 11.3 Å². The van der Waals surface area contributed by atoms with Crippen LogP contribution in [0.1, 0.15) is 5.01 Å². The summed E-state index contributed by atoms with van der Waals surface area (Å²) in [6.07, 6.45) is 0. The van der Waals surface area contributed by atoms with Crippen LogP contribution in [0.4, 0.5) is 10.1 Å². The number of hydrogen-bond donors (Lipinski definition) is 0. The summed E-state index contributed by atoms with van der Waals surface area (Å²) in [7, 11) is 0. The van der Waals surface area contributed by atoms with Gasteiger partial charge in [-0.3, -0.25) is 0 Å². The van der Waals surface area contributed by atoms with E-state index in [4.69, 9.17) is 4.74 Å². The molecule has 19 heavy (non-hydrogen) atoms. The molecule has 0 bridgehead atoms. The van der Waals surface area contributed by atoms with Crippen LogP contribution in [0.15, 0.2) is 23.6 Å². The van der Waals surface area contributed by atoms with E-state index in [0.29, 0.717) is 18.9 Å². The molecule has 3 rings (SSSR count). The van der Waals surface area contributed by atoms with E-state index in [2.05, 4.69) is 4.98 Å². The van der Waals surface area contributed by atoms with Crippen molar-refractivity contribution in [1.82, 2.24) is 4.98 Å². The largest absolute Gasteiger partial charge is 0.378 e. The van der Waals surface area contributed by atoms with Crippen LogP contribution in [-0.4, -0.2) is 31.3 Å². The molecule has 0 aliphatic carbocycles. The number of rotatable bonds is 2. The quantitative estimate of drug-likeness (QED) is 0.844. The molecule has 1 aliphatic heterocycles. The van der Waals surface area contributed by atoms with Crippen LogP contribution in [0.5, 0.6) is 0 Å². The minimum absolute atomic E-state index is 0.183. The van der Waals surface area contributed by atoms with Gasteiger partial charge in [0, 0.05) is 24.0 Å². The number of thiazole rings is 1. The third-order valence-corrected chi connectivity index (χ3v) is 3.99. The van der Waals surface area contributed by atoms with Crippen LogP contribution < -0.4 is 4.90 Å². The second kappa shape index (κ2) is 5.27. The molecule has 0 atom stereocenters. The summed E-state index contributed by atoms with van der Waals surface area (Å²) in [5.74, 6) is -0.183. The Morgan fingerprint density at radius 3 is 2.79 bits per heavy atom. The molecule has 0 N–H and O–H groups in total. The molecule has 1 fully saturated rings. The monoisotopic (exact) mass is 278 g/mol. The van der Waals surface area contributed by atoms with E-state index in [9.17, 15) is 4.39 Å². The zero-order chi connectivity index (χ0) is 13.2. The second-order valence-corrected chi connectivity index (χ2v) is 5.58. The summed E-state index contributed by atoms with van der Waals surface area (Å²) in [6.45, 7) is 4.74. The van der Waals surface area contributed by atoms with E-state index < -0.39 is 0 Å². The van der Waals surface area contributed by atoms with Gasteiger partial charge in [-0.05, 0) is 25.1 Å². The third-order valence-electron chi connectivity index (χ3n) is 3.21. The molecule has 1 aromatic carbocycles. The van der Waals surface area contributed by atoms with Gasteiger partial charge in [-0.2, -0.15) is 0 Å². The number of aromatic nitrogens is 1. The molecular formula is C14H15FN2OS. The molecule has 1 saturated heterocycles. The highest BCUT2D eigenvalue weighted by atomic mass is 32.1. The highest BCUT2D eigenvalue weighted by molar-refractivity contribution is 7.09. The first-order valence-electron chi connectivity index (χ1n) is 6.29. The number of ether oxygens (including phenoxy) is 1. The molecule has 1 aromatic heterocycles. The van der Waals surface area contributed by atoms with Gasteiger partial charge in [0.25, 0.3) is 0 Å². The lowest BCUT2D eigenvalue weighted by Crippen LogP contribution is -2.36. The van der Waals surface area contributed by atoms with E-state index in [0.717, 1.165) is 29.4 Å². The average Bonchev–Trinajstić information content (AvgIpc) is 2.87. The summed E-state index contributed by atoms with van der Waals surface area (Å²) in [5, 5.41) is 3.03. The Labute approximate surface area is 115 Å². The number of anilines is 1. The number of benzene rings is 1. The smallest absolute Gasteiger partial charge is 0.146 e. The average molecular weight is 278 g/mol. The fourth-order valence-corrected chi connectivity index (χ4v) is 2.84. The first-order valence-corrected chi connectivity index (χ1v) is 7.17. The Bertz CT molecular complexity index is 579. The number of nitrogens with zero attached hydrogens (tertiary/aromatic N) is 2. The molecular weight excluding hydrogens is 263 g/mol. The minimum Gasteiger partial charge on any atom is -0.378 e. The molecule has 2 aromatic rings. The molecule has 0 unspecified atom stereocenters. The van der Waals surface area contributed by atoms with E-state index in [1.807, 2.05) is 23.3 Å². The van der Waals surface area contributed by atoms with Gasteiger partial charge in [-0.1, -0.05) is 0 Å². The SMILES string of the molecule is Cc1nc(-c2ccc(F)c(N3CCOCC3)c2)cs1. The molecule has 3 nitrogen and oxygen atoms in total. The van der Waals surface area contributed by atoms with Crippen molar-refractivity contribution < 1.29 is 9.13 Å². The predicted octanol–water partition coefficient (Wildman–Crippen LogP) is 3.09. The van der Waals surface area contributed by atoms with Crippen molar-refractivity contribution in [3.05, 3.63) is 34.4 Å². The van der Waals surface area contributed by atoms with Crippen LogP contribution in [-0.2, 0) is 4.74 Å². The van der Waals surface area contributed by atoms with Gasteiger partial charge in [0.2, 0.25) is 0 Å². The molecule has 100 valence electrons. The van der Waals surface area contributed by atoms with E-state index in [-0.39, 0.29) is 5.82 Å². The molecule has 0 saturated carbocycles. The fraction of sp³-hybridized carbons (Fsp3) is 0.357. The molecule has 1 aliphatic rings. The van der Waals surface area contributed by atoms with E-state index in [1.165, 1.54) is 6.07 Å². The van der Waals surface area contributed by atoms with E-state index in [1.54, 1.807) is 17.4 Å². The summed E-state index contributed by atoms with van der Waals surface area (Å²) in [6, 6.07) is 5.19. The highest BCUT2D eigenvalue weighted by Crippen LogP contribution is 2.28. The Morgan fingerprint density at radius 2 is 2.11 bits per heavy atom. The number of aryl methyl sites for hydroxylation is 1. The lowest BCUT2D eigenvalue weighted by atomic mass is 10.1. The normalized spacial score (nSPS) is 15.8. The summed E-state index contributed by atoms with van der Waals surface area (Å²) in [5.41, 5.74) is 2.52. The molecule has 5 heteroatoms. The van der Waals surface area contributed by atoms with Crippen LogP contribution in [0.25, 0.3) is 11.3 Å². The van der Waals surface area contributed by atoms with Gasteiger partial charge >= 0.3 is 0 Å². The van der Waals surface area contributed by atoms with Gasteiger partial charge in [-0.15, -0.1) is 11.3 Å². The molecule has 0 radical (unpaired) electrons. The van der Waals surface area contributed by atoms with Crippen LogP contribution >= 0.6 is 11.3 Å². The standard InChI is InChI=1S/C14H15FN2OS/c1-10-16-13(9-19-10)11-2-3-12(15)14(8-11)17-4-6-18-7-5-17/h2-3,8-9H,4-7H2,1H3. The first kappa shape index (κ1) is 12.6. The van der Waals surface area contributed by atoms with Crippen LogP contribution in [0.3, 0.4) is 0 Å². The Balaban J connectivity index is 1.95. The van der Waals surface area contributed by atoms with Crippen LogP contribution in [0.2, 0.25) is 0 Å². The summed E-state index contributed by atoms with van der Waals surface area (Å²) < 4.78 is 19.3. The molecule has 0 amide bonds. The zero-order valence-corrected chi connectivity index (χ0v) is 11.5. The molecule has 0 spiro atoms. The van der Waals surface area contributed by atoms with E-state index >= 15 is 0 Å². The number of morpholine rings is 1. The summed E-state index contributed by atoms with van der Waals surface area (Å²) >= 11 is 1.61. The Hall–Kier alpha value is -1.46. The zero-order valence-electron chi connectivity index (χ0n) is 10.7. The van der Waals surface area contributed by atoms with Crippen molar-refractivity contribution in [2.75, 3.05) is 31.2 Å². The van der Waals surface area contributed by atoms with Gasteiger partial charge < -0.3 is 9.64 Å². The van der Waals surface area contributed by atoms with Crippen molar-refractivity contribution >= 4 is 17.0 Å². The van der Waals surface area contributed by atoms with Crippen molar-refractivity contribution in [3.63, 3.8) is 0 Å². The highest BCUT2D eigenvalue weighted by Gasteiger charge is 2.16. The third kappa shape index (κ3) is 2.62. The van der Waals surface area contributed by atoms with Gasteiger partial charge in [-0.25, -0.2) is 9.37 Å². The van der Waals surface area contributed by atoms with Crippen molar-refractivity contribution in [2.24, 2.45) is 0 Å². The predicted molar refractivity (Wildman–Crippen MR) is 75.3 cm³/mol. The lowest BCUT2D eigenvalue weighted by molar-refractivity contribution is 0.122. The first-order chi connectivity index (χ1) is 9.24. The van der Waals surface area contributed by atoms with Gasteiger partial charge in [0.1, 0.15) is 5.82 Å². The second-order valence-electron chi connectivity index (χ2n) is 4.52. The maximum absolute atomic E-state index is 14.0. The summed E-state index contributed by atoms with van der Waals surface area (Å²) in [4.78, 5) is 6.48. The van der Waals surface area contributed by atoms with Gasteiger partial charge in [0.05, 0.1) is 29.6 Å². The lowest BCUT2D eigenvalue weighted by Gasteiger charge is -2.29. The van der Waals surface area contributed by atoms with Gasteiger partial charge in [0.15, 0.2) is 0 Å². The fourth-order valence-electron chi connectivity index (χ4n) is 2.21. The minimum atomic E-state index is -0.183. The maximum Gasteiger partial charge on any atom is 0.146 e. The van der Waals surface area contributed by atoms with Crippen molar-refractivity contribution in [1.29, 1.82) is 0 Å². The van der Waals surface area contributed by atoms with Crippen molar-refractivity contribution in [2.45, 2.75) is 6.92 Å². The Morgan fingerprint density at radius 1 is 1.32 bits per heavy atom. The van der Waals surface area contributed by atoms with Crippen LogP contribution in [0, 0.1) is 12.7 Å².